The van der Waals surface area contributed by atoms with Crippen LogP contribution in [0.2, 0.25) is 0 Å². The van der Waals surface area contributed by atoms with Crippen molar-refractivity contribution in [1.29, 1.82) is 0 Å². The predicted molar refractivity (Wildman–Crippen MR) is 80.8 cm³/mol. The van der Waals surface area contributed by atoms with Crippen LogP contribution < -0.4 is 11.5 Å². The molecule has 0 saturated heterocycles. The number of benzene rings is 2. The minimum atomic E-state index is -1.63. The molecule has 0 aliphatic rings. The Kier molecular flexibility index (Phi) is 5.42. The van der Waals surface area contributed by atoms with Gasteiger partial charge in [0.1, 0.15) is 11.7 Å². The van der Waals surface area contributed by atoms with E-state index in [2.05, 4.69) is 0 Å². The molecular weight excluding hydrogens is 252 g/mol. The molecule has 4 nitrogen and oxygen atoms in total. The highest BCUT2D eigenvalue weighted by Gasteiger charge is 2.41. The lowest BCUT2D eigenvalue weighted by Gasteiger charge is -2.35. The van der Waals surface area contributed by atoms with Gasteiger partial charge in [-0.2, -0.15) is 0 Å². The minimum Gasteiger partial charge on any atom is -0.386 e. The van der Waals surface area contributed by atoms with E-state index < -0.39 is 17.9 Å². The van der Waals surface area contributed by atoms with Crippen LogP contribution in [0, 0.1) is 0 Å². The van der Waals surface area contributed by atoms with Crippen LogP contribution in [-0.4, -0.2) is 22.5 Å². The van der Waals surface area contributed by atoms with Gasteiger partial charge in [-0.1, -0.05) is 68.1 Å². The third-order valence-corrected chi connectivity index (χ3v) is 3.22. The summed E-state index contributed by atoms with van der Waals surface area (Å²) in [6.45, 7) is 0. The SMILES string of the molecule is C.NC(N)C(O)C(O)(c1ccccc1)c1ccccc1. The van der Waals surface area contributed by atoms with Gasteiger partial charge in [-0.05, 0) is 11.1 Å². The van der Waals surface area contributed by atoms with Gasteiger partial charge in [0.15, 0.2) is 0 Å². The van der Waals surface area contributed by atoms with Crippen molar-refractivity contribution < 1.29 is 10.2 Å². The molecule has 0 saturated carbocycles. The molecule has 0 spiro atoms. The second-order valence-electron chi connectivity index (χ2n) is 4.52. The standard InChI is InChI=1S/C15H18N2O2.CH4/c16-14(17)13(18)15(19,11-7-3-1-4-8-11)12-9-5-2-6-10-12;/h1-10,13-14,18-19H,16-17H2;1H4. The molecule has 20 heavy (non-hydrogen) atoms. The van der Waals surface area contributed by atoms with Gasteiger partial charge in [0, 0.05) is 0 Å². The molecule has 0 radical (unpaired) electrons. The molecule has 0 aliphatic carbocycles. The van der Waals surface area contributed by atoms with Crippen molar-refractivity contribution in [3.8, 4) is 0 Å². The Bertz CT molecular complexity index is 475. The second-order valence-corrected chi connectivity index (χ2v) is 4.52. The van der Waals surface area contributed by atoms with Crippen LogP contribution in [-0.2, 0) is 5.60 Å². The molecule has 2 rings (SSSR count). The van der Waals surface area contributed by atoms with Gasteiger partial charge in [-0.15, -0.1) is 0 Å². The van der Waals surface area contributed by atoms with Crippen LogP contribution in [0.3, 0.4) is 0 Å². The summed E-state index contributed by atoms with van der Waals surface area (Å²) >= 11 is 0. The van der Waals surface area contributed by atoms with Gasteiger partial charge < -0.3 is 21.7 Å². The average molecular weight is 274 g/mol. The van der Waals surface area contributed by atoms with Gasteiger partial charge in [0.25, 0.3) is 0 Å². The summed E-state index contributed by atoms with van der Waals surface area (Å²) in [5.41, 5.74) is 10.6. The maximum absolute atomic E-state index is 11.0. The van der Waals surface area contributed by atoms with Gasteiger partial charge >= 0.3 is 0 Å². The smallest absolute Gasteiger partial charge is 0.143 e. The summed E-state index contributed by atoms with van der Waals surface area (Å²) in [5.74, 6) is 0. The van der Waals surface area contributed by atoms with E-state index in [1.165, 1.54) is 0 Å². The van der Waals surface area contributed by atoms with Gasteiger partial charge in [0.2, 0.25) is 0 Å². The molecule has 108 valence electrons. The molecule has 4 heteroatoms. The van der Waals surface area contributed by atoms with E-state index in [0.717, 1.165) is 0 Å². The second kappa shape index (κ2) is 6.63. The topological polar surface area (TPSA) is 92.5 Å². The Labute approximate surface area is 119 Å². The third kappa shape index (κ3) is 2.89. The number of rotatable bonds is 4. The Hall–Kier alpha value is -1.72. The molecule has 1 atom stereocenters. The van der Waals surface area contributed by atoms with Gasteiger partial charge in [0.05, 0.1) is 6.17 Å². The van der Waals surface area contributed by atoms with Crippen LogP contribution >= 0.6 is 0 Å². The molecule has 2 aromatic carbocycles. The van der Waals surface area contributed by atoms with E-state index in [1.54, 1.807) is 48.5 Å². The molecule has 0 heterocycles. The van der Waals surface area contributed by atoms with E-state index in [-0.39, 0.29) is 7.43 Å². The first-order valence-electron chi connectivity index (χ1n) is 6.09. The van der Waals surface area contributed by atoms with E-state index >= 15 is 0 Å². The van der Waals surface area contributed by atoms with Crippen molar-refractivity contribution in [2.75, 3.05) is 0 Å². The highest BCUT2D eigenvalue weighted by atomic mass is 16.3. The lowest BCUT2D eigenvalue weighted by Crippen LogP contribution is -2.55. The van der Waals surface area contributed by atoms with E-state index in [4.69, 9.17) is 11.5 Å². The summed E-state index contributed by atoms with van der Waals surface area (Å²) in [5, 5.41) is 21.2. The maximum Gasteiger partial charge on any atom is 0.143 e. The number of hydrogen-bond donors (Lipinski definition) is 4. The highest BCUT2D eigenvalue weighted by Crippen LogP contribution is 2.33. The van der Waals surface area contributed by atoms with Gasteiger partial charge in [-0.25, -0.2) is 0 Å². The molecule has 0 amide bonds. The van der Waals surface area contributed by atoms with Crippen LogP contribution in [0.1, 0.15) is 18.6 Å². The number of aliphatic hydroxyl groups excluding tert-OH is 1. The zero-order chi connectivity index (χ0) is 13.9. The number of hydrogen-bond acceptors (Lipinski definition) is 4. The van der Waals surface area contributed by atoms with Crippen LogP contribution in [0.25, 0.3) is 0 Å². The fourth-order valence-corrected chi connectivity index (χ4v) is 2.17. The van der Waals surface area contributed by atoms with Crippen molar-refractivity contribution in [2.45, 2.75) is 25.3 Å². The van der Waals surface area contributed by atoms with Crippen LogP contribution in [0.15, 0.2) is 60.7 Å². The quantitative estimate of drug-likeness (QED) is 0.630. The van der Waals surface area contributed by atoms with Gasteiger partial charge in [-0.3, -0.25) is 0 Å². The maximum atomic E-state index is 11.0. The molecule has 0 bridgehead atoms. The highest BCUT2D eigenvalue weighted by molar-refractivity contribution is 5.37. The fourth-order valence-electron chi connectivity index (χ4n) is 2.17. The van der Waals surface area contributed by atoms with E-state index in [0.29, 0.717) is 11.1 Å². The molecule has 6 N–H and O–H groups in total. The number of aliphatic hydroxyl groups is 2. The molecule has 0 aliphatic heterocycles. The van der Waals surface area contributed by atoms with E-state index in [1.807, 2.05) is 12.1 Å². The normalized spacial score (nSPS) is 12.8. The molecule has 1 unspecified atom stereocenters. The first-order chi connectivity index (χ1) is 9.06. The summed E-state index contributed by atoms with van der Waals surface area (Å²) in [7, 11) is 0. The summed E-state index contributed by atoms with van der Waals surface area (Å²) in [4.78, 5) is 0. The predicted octanol–water partition coefficient (Wildman–Crippen LogP) is 1.16. The monoisotopic (exact) mass is 274 g/mol. The van der Waals surface area contributed by atoms with Crippen LogP contribution in [0.4, 0.5) is 0 Å². The molecule has 0 aromatic heterocycles. The fraction of sp³-hybridized carbons (Fsp3) is 0.250. The Morgan fingerprint density at radius 2 is 1.15 bits per heavy atom. The van der Waals surface area contributed by atoms with Crippen molar-refractivity contribution in [2.24, 2.45) is 11.5 Å². The number of nitrogens with two attached hydrogens (primary N) is 2. The van der Waals surface area contributed by atoms with E-state index in [9.17, 15) is 10.2 Å². The largest absolute Gasteiger partial charge is 0.386 e. The van der Waals surface area contributed by atoms with Crippen molar-refractivity contribution in [3.63, 3.8) is 0 Å². The Morgan fingerprint density at radius 1 is 0.800 bits per heavy atom. The lowest BCUT2D eigenvalue weighted by atomic mass is 9.80. The summed E-state index contributed by atoms with van der Waals surface area (Å²) in [6, 6.07) is 17.8. The van der Waals surface area contributed by atoms with Crippen molar-refractivity contribution >= 4 is 0 Å². The average Bonchev–Trinajstić information content (AvgIpc) is 2.47. The first kappa shape index (κ1) is 16.3. The lowest BCUT2D eigenvalue weighted by molar-refractivity contribution is -0.0605. The van der Waals surface area contributed by atoms with Crippen molar-refractivity contribution in [3.05, 3.63) is 71.8 Å². The summed E-state index contributed by atoms with van der Waals surface area (Å²) in [6.07, 6.45) is -2.36. The Balaban J connectivity index is 0.00000200. The Morgan fingerprint density at radius 3 is 1.45 bits per heavy atom. The molecular formula is C16H22N2O2. The molecule has 0 fully saturated rings. The minimum absolute atomic E-state index is 0. The first-order valence-corrected chi connectivity index (χ1v) is 6.09. The van der Waals surface area contributed by atoms with Crippen molar-refractivity contribution in [1.82, 2.24) is 0 Å². The molecule has 2 aromatic rings. The third-order valence-electron chi connectivity index (χ3n) is 3.22. The zero-order valence-electron chi connectivity index (χ0n) is 10.5. The summed E-state index contributed by atoms with van der Waals surface area (Å²) < 4.78 is 0. The van der Waals surface area contributed by atoms with Crippen LogP contribution in [0.5, 0.6) is 0 Å². The zero-order valence-corrected chi connectivity index (χ0v) is 10.5.